The van der Waals surface area contributed by atoms with Crippen LogP contribution in [0.4, 0.5) is 10.5 Å². The largest absolute Gasteiger partial charge is 0.332 e. The van der Waals surface area contributed by atoms with Gasteiger partial charge >= 0.3 is 6.03 Å². The molecule has 1 aromatic heterocycles. The van der Waals surface area contributed by atoms with Gasteiger partial charge in [0.15, 0.2) is 0 Å². The SMILES string of the molecule is O=C1N(c2cc(Cl)nc(Cl)c2)C(=O)C2(Cc3ccc(Br)cc3)CSCCN12. The molecule has 1 unspecified atom stereocenters. The van der Waals surface area contributed by atoms with Crippen molar-refractivity contribution in [2.45, 2.75) is 12.0 Å². The third-order valence-corrected chi connectivity index (χ3v) is 6.82. The number of hydrogen-bond acceptors (Lipinski definition) is 4. The maximum atomic E-state index is 13.5. The second-order valence-electron chi connectivity index (χ2n) is 6.43. The van der Waals surface area contributed by atoms with Crippen LogP contribution >= 0.6 is 50.9 Å². The fourth-order valence-electron chi connectivity index (χ4n) is 3.53. The first-order valence-corrected chi connectivity index (χ1v) is 10.9. The summed E-state index contributed by atoms with van der Waals surface area (Å²) in [5.41, 5.74) is 0.444. The van der Waals surface area contributed by atoms with Crippen LogP contribution in [-0.4, -0.2) is 45.4 Å². The number of amides is 3. The normalized spacial score (nSPS) is 22.3. The van der Waals surface area contributed by atoms with Crippen molar-refractivity contribution in [1.82, 2.24) is 9.88 Å². The number of nitrogens with zero attached hydrogens (tertiary/aromatic N) is 3. The lowest BCUT2D eigenvalue weighted by atomic mass is 9.90. The summed E-state index contributed by atoms with van der Waals surface area (Å²) < 4.78 is 0.968. The smallest absolute Gasteiger partial charge is 0.307 e. The van der Waals surface area contributed by atoms with E-state index in [9.17, 15) is 9.59 Å². The summed E-state index contributed by atoms with van der Waals surface area (Å²) in [5.74, 6) is 1.10. The predicted octanol–water partition coefficient (Wildman–Crippen LogP) is 4.65. The standard InChI is InChI=1S/C18H14BrCl2N3O2S/c19-12-3-1-11(2-4-12)9-18-10-27-6-5-23(18)17(26)24(16(18)25)13-7-14(20)22-15(21)8-13/h1-4,7-8H,5-6,9-10H2. The first-order valence-electron chi connectivity index (χ1n) is 8.22. The first kappa shape index (κ1) is 19.1. The van der Waals surface area contributed by atoms with Crippen LogP contribution in [0.1, 0.15) is 5.56 Å². The molecule has 9 heteroatoms. The highest BCUT2D eigenvalue weighted by Gasteiger charge is 2.58. The van der Waals surface area contributed by atoms with E-state index in [1.807, 2.05) is 24.3 Å². The highest BCUT2D eigenvalue weighted by Crippen LogP contribution is 2.40. The number of carbonyl (C=O) groups excluding carboxylic acids is 2. The van der Waals surface area contributed by atoms with E-state index in [2.05, 4.69) is 20.9 Å². The van der Waals surface area contributed by atoms with E-state index < -0.39 is 5.54 Å². The predicted molar refractivity (Wildman–Crippen MR) is 112 cm³/mol. The molecule has 0 radical (unpaired) electrons. The van der Waals surface area contributed by atoms with Crippen molar-refractivity contribution in [3.8, 4) is 0 Å². The number of aromatic nitrogens is 1. The summed E-state index contributed by atoms with van der Waals surface area (Å²) in [6.45, 7) is 0.523. The Hall–Kier alpha value is -1.28. The van der Waals surface area contributed by atoms with Gasteiger partial charge in [0, 0.05) is 28.9 Å². The number of pyridine rings is 1. The van der Waals surface area contributed by atoms with Crippen molar-refractivity contribution in [1.29, 1.82) is 0 Å². The van der Waals surface area contributed by atoms with Crippen molar-refractivity contribution in [3.05, 3.63) is 56.7 Å². The Balaban J connectivity index is 1.76. The summed E-state index contributed by atoms with van der Waals surface area (Å²) in [4.78, 5) is 33.4. The molecule has 0 spiro atoms. The summed E-state index contributed by atoms with van der Waals surface area (Å²) in [7, 11) is 0. The zero-order valence-electron chi connectivity index (χ0n) is 14.0. The van der Waals surface area contributed by atoms with Crippen LogP contribution in [0.3, 0.4) is 0 Å². The highest BCUT2D eigenvalue weighted by atomic mass is 79.9. The molecule has 1 atom stereocenters. The number of fused-ring (bicyclic) bond motifs is 1. The van der Waals surface area contributed by atoms with Gasteiger partial charge in [-0.15, -0.1) is 0 Å². The second-order valence-corrected chi connectivity index (χ2v) is 9.23. The van der Waals surface area contributed by atoms with Crippen LogP contribution < -0.4 is 4.90 Å². The molecule has 0 N–H and O–H groups in total. The second kappa shape index (κ2) is 7.28. The fourth-order valence-corrected chi connectivity index (χ4v) is 5.42. The Bertz CT molecular complexity index is 907. The molecule has 3 amide bonds. The average molecular weight is 487 g/mol. The molecule has 0 aliphatic carbocycles. The molecule has 0 bridgehead atoms. The summed E-state index contributed by atoms with van der Waals surface area (Å²) >= 11 is 17.1. The molecular weight excluding hydrogens is 473 g/mol. The topological polar surface area (TPSA) is 53.5 Å². The van der Waals surface area contributed by atoms with E-state index in [4.69, 9.17) is 23.2 Å². The van der Waals surface area contributed by atoms with Crippen LogP contribution in [0.2, 0.25) is 10.3 Å². The Morgan fingerprint density at radius 3 is 2.48 bits per heavy atom. The van der Waals surface area contributed by atoms with E-state index in [0.29, 0.717) is 24.4 Å². The van der Waals surface area contributed by atoms with E-state index >= 15 is 0 Å². The number of halogens is 3. The minimum Gasteiger partial charge on any atom is -0.307 e. The van der Waals surface area contributed by atoms with Gasteiger partial charge in [0.05, 0.1) is 5.69 Å². The molecule has 2 saturated heterocycles. The van der Waals surface area contributed by atoms with Gasteiger partial charge in [-0.05, 0) is 29.8 Å². The summed E-state index contributed by atoms with van der Waals surface area (Å²) in [6, 6.07) is 10.5. The van der Waals surface area contributed by atoms with Gasteiger partial charge in [-0.25, -0.2) is 14.7 Å². The van der Waals surface area contributed by atoms with Crippen molar-refractivity contribution in [2.24, 2.45) is 0 Å². The third-order valence-electron chi connectivity index (χ3n) is 4.76. The van der Waals surface area contributed by atoms with E-state index in [-0.39, 0.29) is 22.2 Å². The van der Waals surface area contributed by atoms with Gasteiger partial charge < -0.3 is 4.90 Å². The molecule has 5 nitrogen and oxygen atoms in total. The molecule has 2 fully saturated rings. The molecule has 2 aliphatic heterocycles. The number of rotatable bonds is 3. The minimum absolute atomic E-state index is 0.138. The number of benzene rings is 1. The van der Waals surface area contributed by atoms with Crippen LogP contribution in [0.15, 0.2) is 40.9 Å². The highest BCUT2D eigenvalue weighted by molar-refractivity contribution is 9.10. The Morgan fingerprint density at radius 2 is 1.81 bits per heavy atom. The Morgan fingerprint density at radius 1 is 1.15 bits per heavy atom. The zero-order chi connectivity index (χ0) is 19.2. The van der Waals surface area contributed by atoms with Crippen molar-refractivity contribution in [3.63, 3.8) is 0 Å². The Kier molecular flexibility index (Phi) is 5.14. The van der Waals surface area contributed by atoms with Crippen LogP contribution in [0.5, 0.6) is 0 Å². The third kappa shape index (κ3) is 3.35. The van der Waals surface area contributed by atoms with Crippen molar-refractivity contribution >= 4 is 68.5 Å². The van der Waals surface area contributed by atoms with Gasteiger partial charge in [0.2, 0.25) is 0 Å². The molecular formula is C18H14BrCl2N3O2S. The number of anilines is 1. The summed E-state index contributed by atoms with van der Waals surface area (Å²) in [6.07, 6.45) is 0.459. The van der Waals surface area contributed by atoms with Crippen LogP contribution in [0, 0.1) is 0 Å². The van der Waals surface area contributed by atoms with Gasteiger partial charge in [-0.3, -0.25) is 4.79 Å². The Labute approximate surface area is 179 Å². The molecule has 0 saturated carbocycles. The van der Waals surface area contributed by atoms with Crippen molar-refractivity contribution < 1.29 is 9.59 Å². The van der Waals surface area contributed by atoms with Crippen LogP contribution in [-0.2, 0) is 11.2 Å². The van der Waals surface area contributed by atoms with Crippen LogP contribution in [0.25, 0.3) is 0 Å². The molecule has 1 aromatic carbocycles. The van der Waals surface area contributed by atoms with Gasteiger partial charge in [-0.1, -0.05) is 51.3 Å². The summed E-state index contributed by atoms with van der Waals surface area (Å²) in [5, 5.41) is 0.276. The van der Waals surface area contributed by atoms with Gasteiger partial charge in [0.1, 0.15) is 15.8 Å². The maximum Gasteiger partial charge on any atom is 0.332 e. The lowest BCUT2D eigenvalue weighted by Crippen LogP contribution is -2.56. The first-order chi connectivity index (χ1) is 12.9. The maximum absolute atomic E-state index is 13.5. The quantitative estimate of drug-likeness (QED) is 0.468. The van der Waals surface area contributed by atoms with E-state index in [0.717, 1.165) is 15.8 Å². The number of carbonyl (C=O) groups is 2. The number of urea groups is 1. The molecule has 27 heavy (non-hydrogen) atoms. The number of thioether (sulfide) groups is 1. The van der Waals surface area contributed by atoms with Gasteiger partial charge in [-0.2, -0.15) is 11.8 Å². The molecule has 2 aliphatic rings. The molecule has 140 valence electrons. The number of hydrogen-bond donors (Lipinski definition) is 0. The lowest BCUT2D eigenvalue weighted by molar-refractivity contribution is -0.124. The van der Waals surface area contributed by atoms with E-state index in [1.54, 1.807) is 16.7 Å². The molecule has 4 rings (SSSR count). The monoisotopic (exact) mass is 485 g/mol. The van der Waals surface area contributed by atoms with Gasteiger partial charge in [0.25, 0.3) is 5.91 Å². The fraction of sp³-hybridized carbons (Fsp3) is 0.278. The molecule has 3 heterocycles. The number of imide groups is 1. The minimum atomic E-state index is -0.907. The molecule has 2 aromatic rings. The zero-order valence-corrected chi connectivity index (χ0v) is 17.9. The van der Waals surface area contributed by atoms with Crippen molar-refractivity contribution in [2.75, 3.05) is 23.0 Å². The average Bonchev–Trinajstić information content (AvgIpc) is 2.84. The lowest BCUT2D eigenvalue weighted by Gasteiger charge is -2.38. The van der Waals surface area contributed by atoms with E-state index in [1.165, 1.54) is 17.0 Å².